The third kappa shape index (κ3) is 5.69. The molecular weight excluding hydrogens is 392 g/mol. The van der Waals surface area contributed by atoms with Crippen molar-refractivity contribution in [2.75, 3.05) is 6.54 Å². The average Bonchev–Trinajstić information content (AvgIpc) is 3.15. The number of carboxylic acids is 2. The molecule has 0 spiro atoms. The van der Waals surface area contributed by atoms with E-state index in [2.05, 4.69) is 36.6 Å². The first-order valence-corrected chi connectivity index (χ1v) is 11.4. The molecule has 2 aliphatic carbocycles. The van der Waals surface area contributed by atoms with Crippen LogP contribution in [0.15, 0.2) is 58.0 Å². The topological polar surface area (TPSA) is 98.7 Å². The summed E-state index contributed by atoms with van der Waals surface area (Å²) in [5.74, 6) is -1.81. The summed E-state index contributed by atoms with van der Waals surface area (Å²) >= 11 is 0. The smallest absolute Gasteiger partial charge is 0.328 e. The molecule has 31 heavy (non-hydrogen) atoms. The zero-order valence-corrected chi connectivity index (χ0v) is 18.5. The maximum atomic E-state index is 9.55. The van der Waals surface area contributed by atoms with Gasteiger partial charge < -0.3 is 20.8 Å². The first-order valence-electron chi connectivity index (χ1n) is 11.4. The van der Waals surface area contributed by atoms with E-state index in [1.165, 1.54) is 62.8 Å². The molecule has 0 bridgehead atoms. The van der Waals surface area contributed by atoms with Gasteiger partial charge in [0.15, 0.2) is 0 Å². The zero-order valence-electron chi connectivity index (χ0n) is 18.5. The Labute approximate surface area is 184 Å². The van der Waals surface area contributed by atoms with Crippen molar-refractivity contribution in [3.8, 4) is 0 Å². The fraction of sp³-hybridized carbons (Fsp3) is 0.520. The summed E-state index contributed by atoms with van der Waals surface area (Å²) in [6, 6.07) is 0.642. The summed E-state index contributed by atoms with van der Waals surface area (Å²) in [5, 5.41) is 23.1. The lowest BCUT2D eigenvalue weighted by Crippen LogP contribution is -2.41. The van der Waals surface area contributed by atoms with E-state index in [4.69, 9.17) is 10.2 Å². The standard InChI is InChI=1S/C21H30N2.C4H4O4/c1-3-4-5-6-9-19-18-12-15-13-22-20-10-7-8-16(21(15)20)17(18)11-14(2)23-19;5-3(6)1-2-4(7)8/h10-11,18-19,22-23H,3-9,12-13H2,1-2H3;1-2H,(H,5,6)(H,7,8)/b;2-1-. The molecule has 0 saturated carbocycles. The number of hydrogen-bond donors (Lipinski definition) is 4. The monoisotopic (exact) mass is 426 g/mol. The van der Waals surface area contributed by atoms with E-state index in [1.54, 1.807) is 22.3 Å². The molecule has 0 fully saturated rings. The second-order valence-electron chi connectivity index (χ2n) is 8.67. The third-order valence-electron chi connectivity index (χ3n) is 6.38. The quantitative estimate of drug-likeness (QED) is 0.355. The number of nitrogens with one attached hydrogen (secondary N) is 2. The van der Waals surface area contributed by atoms with Crippen molar-refractivity contribution >= 4 is 11.9 Å². The second-order valence-corrected chi connectivity index (χ2v) is 8.67. The summed E-state index contributed by atoms with van der Waals surface area (Å²) in [6.45, 7) is 5.63. The SMILES string of the molecule is CCCCCCC1NC(C)=CC2=C3CCC=C4NCC(=C43)CC21.O=C(O)/C=C\C(=O)O. The maximum Gasteiger partial charge on any atom is 0.328 e. The van der Waals surface area contributed by atoms with Crippen molar-refractivity contribution in [2.45, 2.75) is 71.3 Å². The van der Waals surface area contributed by atoms with Crippen LogP contribution < -0.4 is 10.6 Å². The Morgan fingerprint density at radius 2 is 1.90 bits per heavy atom. The van der Waals surface area contributed by atoms with E-state index < -0.39 is 11.9 Å². The molecular formula is C25H34N2O4. The summed E-state index contributed by atoms with van der Waals surface area (Å²) < 4.78 is 0. The largest absolute Gasteiger partial charge is 0.478 e. The van der Waals surface area contributed by atoms with Crippen molar-refractivity contribution in [3.05, 3.63) is 58.0 Å². The van der Waals surface area contributed by atoms with Crippen LogP contribution in [0, 0.1) is 5.92 Å². The normalized spacial score (nSPS) is 23.7. The molecule has 0 aromatic heterocycles. The van der Waals surface area contributed by atoms with Crippen LogP contribution in [0.25, 0.3) is 0 Å². The lowest BCUT2D eigenvalue weighted by molar-refractivity contribution is -0.134. The van der Waals surface area contributed by atoms with Crippen LogP contribution in [-0.4, -0.2) is 34.7 Å². The average molecular weight is 427 g/mol. The van der Waals surface area contributed by atoms with Gasteiger partial charge in [-0.2, -0.15) is 0 Å². The van der Waals surface area contributed by atoms with Gasteiger partial charge in [0.25, 0.3) is 0 Å². The molecule has 168 valence electrons. The molecule has 4 N–H and O–H groups in total. The third-order valence-corrected chi connectivity index (χ3v) is 6.38. The molecule has 0 saturated heterocycles. The van der Waals surface area contributed by atoms with Crippen molar-refractivity contribution in [1.29, 1.82) is 0 Å². The van der Waals surface area contributed by atoms with Crippen LogP contribution in [0.2, 0.25) is 0 Å². The van der Waals surface area contributed by atoms with E-state index in [9.17, 15) is 9.59 Å². The van der Waals surface area contributed by atoms with E-state index in [0.717, 1.165) is 6.54 Å². The van der Waals surface area contributed by atoms with Crippen molar-refractivity contribution in [1.82, 2.24) is 10.6 Å². The van der Waals surface area contributed by atoms with Crippen molar-refractivity contribution in [2.24, 2.45) is 5.92 Å². The summed E-state index contributed by atoms with van der Waals surface area (Å²) in [7, 11) is 0. The lowest BCUT2D eigenvalue weighted by atomic mass is 9.71. The number of rotatable bonds is 7. The molecule has 4 rings (SSSR count). The predicted molar refractivity (Wildman–Crippen MR) is 121 cm³/mol. The number of unbranched alkanes of at least 4 members (excludes halogenated alkanes) is 3. The molecule has 6 nitrogen and oxygen atoms in total. The first-order chi connectivity index (χ1) is 14.9. The van der Waals surface area contributed by atoms with Gasteiger partial charge in [-0.3, -0.25) is 0 Å². The highest BCUT2D eigenvalue weighted by molar-refractivity contribution is 5.89. The number of carbonyl (C=O) groups is 2. The number of hydrogen-bond acceptors (Lipinski definition) is 4. The zero-order chi connectivity index (χ0) is 22.4. The van der Waals surface area contributed by atoms with Crippen LogP contribution in [0.5, 0.6) is 0 Å². The molecule has 2 unspecified atom stereocenters. The molecule has 2 aliphatic heterocycles. The van der Waals surface area contributed by atoms with Gasteiger partial charge in [-0.25, -0.2) is 9.59 Å². The minimum Gasteiger partial charge on any atom is -0.478 e. The summed E-state index contributed by atoms with van der Waals surface area (Å²) in [4.78, 5) is 19.1. The second kappa shape index (κ2) is 10.5. The van der Waals surface area contributed by atoms with Crippen LogP contribution in [0.4, 0.5) is 0 Å². The van der Waals surface area contributed by atoms with E-state index in [1.807, 2.05) is 0 Å². The number of carboxylic acid groups (broad SMARTS) is 2. The van der Waals surface area contributed by atoms with Crippen molar-refractivity contribution in [3.63, 3.8) is 0 Å². The molecule has 0 aromatic carbocycles. The Morgan fingerprint density at radius 3 is 2.58 bits per heavy atom. The van der Waals surface area contributed by atoms with Gasteiger partial charge in [0.05, 0.1) is 0 Å². The minimum atomic E-state index is -1.26. The van der Waals surface area contributed by atoms with Gasteiger partial charge in [0, 0.05) is 47.6 Å². The Balaban J connectivity index is 0.000000293. The molecule has 6 heteroatoms. The Bertz CT molecular complexity index is 860. The van der Waals surface area contributed by atoms with Gasteiger partial charge in [0.1, 0.15) is 0 Å². The molecule has 2 heterocycles. The lowest BCUT2D eigenvalue weighted by Gasteiger charge is -2.39. The minimum absolute atomic E-state index is 0.558. The molecule has 4 aliphatic rings. The Kier molecular flexibility index (Phi) is 7.77. The van der Waals surface area contributed by atoms with Gasteiger partial charge >= 0.3 is 11.9 Å². The van der Waals surface area contributed by atoms with Gasteiger partial charge in [0.2, 0.25) is 0 Å². The predicted octanol–water partition coefficient (Wildman–Crippen LogP) is 4.44. The maximum absolute atomic E-state index is 9.55. The summed E-state index contributed by atoms with van der Waals surface area (Å²) in [6.07, 6.45) is 16.5. The van der Waals surface area contributed by atoms with Crippen LogP contribution in [-0.2, 0) is 9.59 Å². The van der Waals surface area contributed by atoms with Crippen LogP contribution in [0.3, 0.4) is 0 Å². The highest BCUT2D eigenvalue weighted by Crippen LogP contribution is 2.47. The first kappa shape index (κ1) is 22.9. The fourth-order valence-corrected chi connectivity index (χ4v) is 5.10. The van der Waals surface area contributed by atoms with Crippen molar-refractivity contribution < 1.29 is 19.8 Å². The van der Waals surface area contributed by atoms with Crippen LogP contribution in [0.1, 0.15) is 65.2 Å². The number of allylic oxidation sites excluding steroid dienone is 4. The molecule has 2 atom stereocenters. The molecule has 0 radical (unpaired) electrons. The molecule has 0 amide bonds. The van der Waals surface area contributed by atoms with E-state index >= 15 is 0 Å². The van der Waals surface area contributed by atoms with E-state index in [-0.39, 0.29) is 0 Å². The van der Waals surface area contributed by atoms with Gasteiger partial charge in [-0.05, 0) is 55.4 Å². The van der Waals surface area contributed by atoms with Gasteiger partial charge in [-0.15, -0.1) is 0 Å². The van der Waals surface area contributed by atoms with Crippen LogP contribution >= 0.6 is 0 Å². The number of fused-ring (bicyclic) bond motifs is 1. The highest BCUT2D eigenvalue weighted by atomic mass is 16.4. The highest BCUT2D eigenvalue weighted by Gasteiger charge is 2.38. The Hall–Kier alpha value is -2.76. The van der Waals surface area contributed by atoms with Gasteiger partial charge in [-0.1, -0.05) is 38.7 Å². The number of aliphatic carboxylic acids is 2. The molecule has 0 aromatic rings. The Morgan fingerprint density at radius 1 is 1.16 bits per heavy atom. The van der Waals surface area contributed by atoms with E-state index in [0.29, 0.717) is 24.1 Å². The fourth-order valence-electron chi connectivity index (χ4n) is 5.10. The summed E-state index contributed by atoms with van der Waals surface area (Å²) in [5.41, 5.74) is 9.39.